The van der Waals surface area contributed by atoms with Gasteiger partial charge in [-0.05, 0) is 47.0 Å². The van der Waals surface area contributed by atoms with Gasteiger partial charge in [0.05, 0.1) is 11.4 Å². The fraction of sp³-hybridized carbons (Fsp3) is 0.0952. The summed E-state index contributed by atoms with van der Waals surface area (Å²) in [6, 6.07) is 17.3. The number of aromatic nitrogens is 1. The fourth-order valence-electron chi connectivity index (χ4n) is 2.87. The van der Waals surface area contributed by atoms with Crippen molar-refractivity contribution in [2.75, 3.05) is 13.2 Å². The lowest BCUT2D eigenvalue weighted by Gasteiger charge is -2.14. The van der Waals surface area contributed by atoms with Gasteiger partial charge in [-0.2, -0.15) is 0 Å². The van der Waals surface area contributed by atoms with Gasteiger partial charge >= 0.3 is 0 Å². The van der Waals surface area contributed by atoms with Gasteiger partial charge in [0.15, 0.2) is 0 Å². The van der Waals surface area contributed by atoms with Crippen LogP contribution in [0.15, 0.2) is 71.9 Å². The van der Waals surface area contributed by atoms with E-state index >= 15 is 0 Å². The van der Waals surface area contributed by atoms with E-state index < -0.39 is 0 Å². The van der Waals surface area contributed by atoms with E-state index in [1.807, 2.05) is 42.5 Å². The molecular weight excluding hydrogens is 360 g/mol. The van der Waals surface area contributed by atoms with E-state index in [0.717, 1.165) is 33.8 Å². The highest BCUT2D eigenvalue weighted by Gasteiger charge is 2.34. The van der Waals surface area contributed by atoms with Crippen molar-refractivity contribution in [3.8, 4) is 5.75 Å². The summed E-state index contributed by atoms with van der Waals surface area (Å²) >= 11 is 0.948. The molecule has 27 heavy (non-hydrogen) atoms. The van der Waals surface area contributed by atoms with E-state index in [-0.39, 0.29) is 24.3 Å². The number of pyridine rings is 1. The van der Waals surface area contributed by atoms with Gasteiger partial charge in [0, 0.05) is 17.8 Å². The van der Waals surface area contributed by atoms with E-state index in [2.05, 4.69) is 4.98 Å². The zero-order chi connectivity index (χ0) is 18.6. The van der Waals surface area contributed by atoms with Gasteiger partial charge in [0.25, 0.3) is 11.1 Å². The predicted octanol–water partition coefficient (Wildman–Crippen LogP) is 4.35. The van der Waals surface area contributed by atoms with Gasteiger partial charge in [0.2, 0.25) is 0 Å². The van der Waals surface area contributed by atoms with E-state index in [9.17, 15) is 9.59 Å². The minimum atomic E-state index is -0.289. The number of hydrogen-bond donors (Lipinski definition) is 0. The summed E-state index contributed by atoms with van der Waals surface area (Å²) in [6.07, 6.45) is 5.00. The quantitative estimate of drug-likeness (QED) is 0.620. The minimum absolute atomic E-state index is 0.210. The van der Waals surface area contributed by atoms with Crippen LogP contribution in [0.1, 0.15) is 5.56 Å². The normalized spacial score (nSPS) is 15.7. The molecule has 1 aliphatic heterocycles. The minimum Gasteiger partial charge on any atom is -0.491 e. The number of carbonyl (C=O) groups is 2. The van der Waals surface area contributed by atoms with Crippen LogP contribution >= 0.6 is 11.8 Å². The molecular formula is C21H16N2O3S. The summed E-state index contributed by atoms with van der Waals surface area (Å²) in [7, 11) is 0. The number of rotatable bonds is 5. The summed E-state index contributed by atoms with van der Waals surface area (Å²) < 4.78 is 5.85. The fourth-order valence-corrected chi connectivity index (χ4v) is 3.74. The van der Waals surface area contributed by atoms with Crippen LogP contribution < -0.4 is 4.74 Å². The highest BCUT2D eigenvalue weighted by atomic mass is 32.2. The number of thioether (sulfide) groups is 1. The zero-order valence-electron chi connectivity index (χ0n) is 14.4. The number of imide groups is 1. The van der Waals surface area contributed by atoms with Crippen molar-refractivity contribution in [3.05, 3.63) is 77.5 Å². The van der Waals surface area contributed by atoms with Crippen molar-refractivity contribution >= 4 is 39.8 Å². The molecule has 2 heterocycles. The Bertz CT molecular complexity index is 1030. The third kappa shape index (κ3) is 3.71. The molecule has 0 radical (unpaired) electrons. The van der Waals surface area contributed by atoms with E-state index in [4.69, 9.17) is 4.74 Å². The lowest BCUT2D eigenvalue weighted by molar-refractivity contribution is -0.123. The van der Waals surface area contributed by atoms with Crippen LogP contribution in [0, 0.1) is 0 Å². The molecule has 0 unspecified atom stereocenters. The highest BCUT2D eigenvalue weighted by molar-refractivity contribution is 8.18. The Morgan fingerprint density at radius 1 is 1.00 bits per heavy atom. The van der Waals surface area contributed by atoms with Crippen LogP contribution in [0.25, 0.3) is 16.8 Å². The van der Waals surface area contributed by atoms with E-state index in [1.54, 1.807) is 30.6 Å². The summed E-state index contributed by atoms with van der Waals surface area (Å²) in [5, 5.41) is 1.81. The maximum atomic E-state index is 12.5. The number of benzene rings is 2. The van der Waals surface area contributed by atoms with Crippen LogP contribution in [0.2, 0.25) is 0 Å². The van der Waals surface area contributed by atoms with Gasteiger partial charge in [0.1, 0.15) is 12.4 Å². The second-order valence-corrected chi connectivity index (χ2v) is 6.93. The molecule has 1 saturated heterocycles. The molecule has 5 nitrogen and oxygen atoms in total. The summed E-state index contributed by atoms with van der Waals surface area (Å²) in [5.41, 5.74) is 0.836. The second kappa shape index (κ2) is 7.63. The summed E-state index contributed by atoms with van der Waals surface area (Å²) in [6.45, 7) is 0.455. The average molecular weight is 376 g/mol. The first-order chi connectivity index (χ1) is 13.2. The smallest absolute Gasteiger partial charge is 0.293 e. The largest absolute Gasteiger partial charge is 0.491 e. The third-order valence-corrected chi connectivity index (χ3v) is 5.11. The zero-order valence-corrected chi connectivity index (χ0v) is 15.2. The molecule has 1 fully saturated rings. The van der Waals surface area contributed by atoms with Gasteiger partial charge in [-0.3, -0.25) is 19.5 Å². The van der Waals surface area contributed by atoms with Gasteiger partial charge in [-0.15, -0.1) is 0 Å². The first-order valence-corrected chi connectivity index (χ1v) is 9.30. The predicted molar refractivity (Wildman–Crippen MR) is 106 cm³/mol. The number of hydrogen-bond acceptors (Lipinski definition) is 5. The monoisotopic (exact) mass is 376 g/mol. The topological polar surface area (TPSA) is 59.5 Å². The molecule has 0 N–H and O–H groups in total. The van der Waals surface area contributed by atoms with Crippen LogP contribution in [0.3, 0.4) is 0 Å². The third-order valence-electron chi connectivity index (χ3n) is 4.20. The Labute approximate surface area is 160 Å². The Balaban J connectivity index is 1.43. The lowest BCUT2D eigenvalue weighted by atomic mass is 10.1. The maximum Gasteiger partial charge on any atom is 0.293 e. The van der Waals surface area contributed by atoms with Gasteiger partial charge < -0.3 is 4.74 Å². The van der Waals surface area contributed by atoms with Crippen molar-refractivity contribution in [1.82, 2.24) is 9.88 Å². The molecule has 4 rings (SSSR count). The van der Waals surface area contributed by atoms with Crippen molar-refractivity contribution in [2.24, 2.45) is 0 Å². The highest BCUT2D eigenvalue weighted by Crippen LogP contribution is 2.32. The molecule has 3 aromatic rings. The number of ether oxygens (including phenoxy) is 1. The molecule has 0 aliphatic carbocycles. The summed E-state index contributed by atoms with van der Waals surface area (Å²) in [5.74, 6) is 0.454. The Hall–Kier alpha value is -3.12. The Morgan fingerprint density at radius 3 is 2.63 bits per heavy atom. The standard InChI is InChI=1S/C21H16N2O3S/c24-20-19(14-15-8-10-22-11-9-15)27-21(25)23(20)12-13-26-18-7-3-5-16-4-1-2-6-17(16)18/h1-11,14H,12-13H2/b19-14-. The van der Waals surface area contributed by atoms with Crippen molar-refractivity contribution in [2.45, 2.75) is 0 Å². The lowest BCUT2D eigenvalue weighted by Crippen LogP contribution is -2.32. The van der Waals surface area contributed by atoms with Gasteiger partial charge in [-0.25, -0.2) is 0 Å². The first-order valence-electron chi connectivity index (χ1n) is 8.48. The molecule has 1 aliphatic rings. The number of carbonyl (C=O) groups excluding carboxylic acids is 2. The Kier molecular flexibility index (Phi) is 4.89. The van der Waals surface area contributed by atoms with Crippen molar-refractivity contribution in [3.63, 3.8) is 0 Å². The van der Waals surface area contributed by atoms with Crippen molar-refractivity contribution < 1.29 is 14.3 Å². The molecule has 2 amide bonds. The summed E-state index contributed by atoms with van der Waals surface area (Å²) in [4.78, 5) is 30.3. The second-order valence-electron chi connectivity index (χ2n) is 5.94. The van der Waals surface area contributed by atoms with Crippen molar-refractivity contribution in [1.29, 1.82) is 0 Å². The molecule has 134 valence electrons. The first kappa shape index (κ1) is 17.3. The Morgan fingerprint density at radius 2 is 1.78 bits per heavy atom. The molecule has 0 spiro atoms. The number of fused-ring (bicyclic) bond motifs is 1. The SMILES string of the molecule is O=C1S/C(=C\c2ccncc2)C(=O)N1CCOc1cccc2ccccc12. The average Bonchev–Trinajstić information content (AvgIpc) is 2.96. The molecule has 0 atom stereocenters. The molecule has 0 saturated carbocycles. The van der Waals surface area contributed by atoms with Gasteiger partial charge in [-0.1, -0.05) is 36.4 Å². The maximum absolute atomic E-state index is 12.5. The van der Waals surface area contributed by atoms with E-state index in [0.29, 0.717) is 4.91 Å². The van der Waals surface area contributed by atoms with Crippen LogP contribution in [-0.2, 0) is 4.79 Å². The van der Waals surface area contributed by atoms with E-state index in [1.165, 1.54) is 4.90 Å². The number of amides is 2. The molecule has 1 aromatic heterocycles. The van der Waals surface area contributed by atoms with Crippen LogP contribution in [0.5, 0.6) is 5.75 Å². The van der Waals surface area contributed by atoms with Crippen LogP contribution in [0.4, 0.5) is 4.79 Å². The molecule has 0 bridgehead atoms. The molecule has 2 aromatic carbocycles. The number of nitrogens with zero attached hydrogens (tertiary/aromatic N) is 2. The molecule has 6 heteroatoms. The van der Waals surface area contributed by atoms with Crippen LogP contribution in [-0.4, -0.2) is 34.2 Å².